The summed E-state index contributed by atoms with van der Waals surface area (Å²) in [7, 11) is 0. The van der Waals surface area contributed by atoms with Gasteiger partial charge in [0.25, 0.3) is 0 Å². The quantitative estimate of drug-likeness (QED) is 0.687. The average molecular weight is 208 g/mol. The van der Waals surface area contributed by atoms with Gasteiger partial charge in [-0.15, -0.1) is 0 Å². The molecule has 0 aromatic heterocycles. The van der Waals surface area contributed by atoms with E-state index in [-0.39, 0.29) is 18.7 Å². The maximum absolute atomic E-state index is 11.3. The van der Waals surface area contributed by atoms with Gasteiger partial charge >= 0.3 is 6.03 Å². The SMILES string of the molecule is C[C@H](CO)NC(=O)NCc1ccccc1. The Morgan fingerprint density at radius 3 is 2.67 bits per heavy atom. The smallest absolute Gasteiger partial charge is 0.315 e. The summed E-state index contributed by atoms with van der Waals surface area (Å²) < 4.78 is 0. The zero-order valence-electron chi connectivity index (χ0n) is 8.73. The number of benzene rings is 1. The van der Waals surface area contributed by atoms with Crippen molar-refractivity contribution in [3.63, 3.8) is 0 Å². The molecule has 0 saturated heterocycles. The van der Waals surface area contributed by atoms with Crippen LogP contribution in [-0.2, 0) is 6.54 Å². The van der Waals surface area contributed by atoms with Crippen molar-refractivity contribution in [3.05, 3.63) is 35.9 Å². The molecular formula is C11H16N2O2. The van der Waals surface area contributed by atoms with Gasteiger partial charge in [-0.3, -0.25) is 0 Å². The summed E-state index contributed by atoms with van der Waals surface area (Å²) in [5.74, 6) is 0. The molecule has 0 unspecified atom stereocenters. The second-order valence-corrected chi connectivity index (χ2v) is 3.40. The summed E-state index contributed by atoms with van der Waals surface area (Å²) in [6, 6.07) is 9.17. The molecule has 0 fully saturated rings. The number of hydrogen-bond acceptors (Lipinski definition) is 2. The number of amides is 2. The second-order valence-electron chi connectivity index (χ2n) is 3.40. The Morgan fingerprint density at radius 1 is 1.40 bits per heavy atom. The maximum atomic E-state index is 11.3. The van der Waals surface area contributed by atoms with E-state index in [1.807, 2.05) is 30.3 Å². The minimum Gasteiger partial charge on any atom is -0.394 e. The number of carbonyl (C=O) groups is 1. The van der Waals surface area contributed by atoms with E-state index in [2.05, 4.69) is 10.6 Å². The Kier molecular flexibility index (Phi) is 4.63. The fourth-order valence-corrected chi connectivity index (χ4v) is 1.10. The van der Waals surface area contributed by atoms with E-state index < -0.39 is 0 Å². The zero-order chi connectivity index (χ0) is 11.1. The van der Waals surface area contributed by atoms with E-state index in [4.69, 9.17) is 5.11 Å². The van der Waals surface area contributed by atoms with Gasteiger partial charge in [-0.2, -0.15) is 0 Å². The van der Waals surface area contributed by atoms with Gasteiger partial charge in [0.05, 0.1) is 12.6 Å². The first kappa shape index (κ1) is 11.5. The van der Waals surface area contributed by atoms with Crippen LogP contribution in [0.5, 0.6) is 0 Å². The Balaban J connectivity index is 2.29. The second kappa shape index (κ2) is 6.03. The Bertz CT molecular complexity index is 301. The zero-order valence-corrected chi connectivity index (χ0v) is 8.73. The molecule has 4 heteroatoms. The van der Waals surface area contributed by atoms with Crippen molar-refractivity contribution in [2.75, 3.05) is 6.61 Å². The first-order chi connectivity index (χ1) is 7.22. The lowest BCUT2D eigenvalue weighted by Crippen LogP contribution is -2.41. The monoisotopic (exact) mass is 208 g/mol. The Labute approximate surface area is 89.3 Å². The van der Waals surface area contributed by atoms with Crippen LogP contribution < -0.4 is 10.6 Å². The predicted octanol–water partition coefficient (Wildman–Crippen LogP) is 0.867. The fraction of sp³-hybridized carbons (Fsp3) is 0.364. The lowest BCUT2D eigenvalue weighted by Gasteiger charge is -2.11. The number of hydrogen-bond donors (Lipinski definition) is 3. The Hall–Kier alpha value is -1.55. The molecule has 4 nitrogen and oxygen atoms in total. The van der Waals surface area contributed by atoms with Crippen molar-refractivity contribution in [3.8, 4) is 0 Å². The number of carbonyl (C=O) groups excluding carboxylic acids is 1. The molecule has 1 aromatic rings. The third kappa shape index (κ3) is 4.46. The summed E-state index contributed by atoms with van der Waals surface area (Å²) >= 11 is 0. The van der Waals surface area contributed by atoms with E-state index in [1.165, 1.54) is 0 Å². The van der Waals surface area contributed by atoms with E-state index in [0.29, 0.717) is 6.54 Å². The van der Waals surface area contributed by atoms with Gasteiger partial charge in [0.2, 0.25) is 0 Å². The van der Waals surface area contributed by atoms with E-state index in [1.54, 1.807) is 6.92 Å². The first-order valence-electron chi connectivity index (χ1n) is 4.91. The summed E-state index contributed by atoms with van der Waals surface area (Å²) in [6.07, 6.45) is 0. The molecular weight excluding hydrogens is 192 g/mol. The number of nitrogens with one attached hydrogen (secondary N) is 2. The van der Waals surface area contributed by atoms with Crippen LogP contribution in [0, 0.1) is 0 Å². The van der Waals surface area contributed by atoms with Crippen molar-refractivity contribution >= 4 is 6.03 Å². The molecule has 1 aromatic carbocycles. The first-order valence-corrected chi connectivity index (χ1v) is 4.91. The molecule has 2 amide bonds. The summed E-state index contributed by atoms with van der Waals surface area (Å²) in [5, 5.41) is 14.0. The van der Waals surface area contributed by atoms with Gasteiger partial charge in [-0.25, -0.2) is 4.79 Å². The summed E-state index contributed by atoms with van der Waals surface area (Å²) in [5.41, 5.74) is 1.05. The highest BCUT2D eigenvalue weighted by atomic mass is 16.3. The van der Waals surface area contributed by atoms with Crippen LogP contribution >= 0.6 is 0 Å². The van der Waals surface area contributed by atoms with Crippen LogP contribution in [0.4, 0.5) is 4.79 Å². The van der Waals surface area contributed by atoms with Gasteiger partial charge in [0, 0.05) is 6.54 Å². The minimum atomic E-state index is -0.264. The van der Waals surface area contributed by atoms with Crippen molar-refractivity contribution < 1.29 is 9.90 Å². The van der Waals surface area contributed by atoms with Crippen molar-refractivity contribution in [1.29, 1.82) is 0 Å². The van der Waals surface area contributed by atoms with Gasteiger partial charge in [0.1, 0.15) is 0 Å². The van der Waals surface area contributed by atoms with Crippen molar-refractivity contribution in [1.82, 2.24) is 10.6 Å². The van der Waals surface area contributed by atoms with Crippen LogP contribution in [-0.4, -0.2) is 23.8 Å². The molecule has 1 rings (SSSR count). The molecule has 1 atom stereocenters. The maximum Gasteiger partial charge on any atom is 0.315 e. The van der Waals surface area contributed by atoms with Gasteiger partial charge in [-0.1, -0.05) is 30.3 Å². The van der Waals surface area contributed by atoms with Gasteiger partial charge in [-0.05, 0) is 12.5 Å². The predicted molar refractivity (Wildman–Crippen MR) is 58.4 cm³/mol. The Morgan fingerprint density at radius 2 is 2.07 bits per heavy atom. The van der Waals surface area contributed by atoms with Crippen LogP contribution in [0.25, 0.3) is 0 Å². The normalized spacial score (nSPS) is 11.9. The standard InChI is InChI=1S/C11H16N2O2/c1-9(8-14)13-11(15)12-7-10-5-3-2-4-6-10/h2-6,9,14H,7-8H2,1H3,(H2,12,13,15)/t9-/m1/s1. The molecule has 3 N–H and O–H groups in total. The molecule has 0 spiro atoms. The fourth-order valence-electron chi connectivity index (χ4n) is 1.10. The summed E-state index contributed by atoms with van der Waals surface area (Å²) in [4.78, 5) is 11.3. The molecule has 15 heavy (non-hydrogen) atoms. The molecule has 0 aliphatic carbocycles. The van der Waals surface area contributed by atoms with Gasteiger partial charge in [0.15, 0.2) is 0 Å². The molecule has 0 radical (unpaired) electrons. The topological polar surface area (TPSA) is 61.4 Å². The molecule has 0 bridgehead atoms. The lowest BCUT2D eigenvalue weighted by molar-refractivity contribution is 0.220. The van der Waals surface area contributed by atoms with Crippen LogP contribution in [0.3, 0.4) is 0 Å². The van der Waals surface area contributed by atoms with Crippen molar-refractivity contribution in [2.24, 2.45) is 0 Å². The van der Waals surface area contributed by atoms with Gasteiger partial charge < -0.3 is 15.7 Å². The largest absolute Gasteiger partial charge is 0.394 e. The van der Waals surface area contributed by atoms with E-state index in [9.17, 15) is 4.79 Å². The van der Waals surface area contributed by atoms with Crippen LogP contribution in [0.15, 0.2) is 30.3 Å². The summed E-state index contributed by atoms with van der Waals surface area (Å²) in [6.45, 7) is 2.17. The third-order valence-corrected chi connectivity index (χ3v) is 1.95. The van der Waals surface area contributed by atoms with E-state index >= 15 is 0 Å². The molecule has 0 saturated carbocycles. The van der Waals surface area contributed by atoms with Crippen molar-refractivity contribution in [2.45, 2.75) is 19.5 Å². The van der Waals surface area contributed by atoms with Crippen LogP contribution in [0.1, 0.15) is 12.5 Å². The number of aliphatic hydroxyl groups excluding tert-OH is 1. The molecule has 0 aliphatic heterocycles. The minimum absolute atomic E-state index is 0.0568. The average Bonchev–Trinajstić information content (AvgIpc) is 2.27. The number of rotatable bonds is 4. The third-order valence-electron chi connectivity index (χ3n) is 1.95. The number of aliphatic hydroxyl groups is 1. The highest BCUT2D eigenvalue weighted by molar-refractivity contribution is 5.74. The van der Waals surface area contributed by atoms with E-state index in [0.717, 1.165) is 5.56 Å². The number of urea groups is 1. The highest BCUT2D eigenvalue weighted by Crippen LogP contribution is 1.96. The lowest BCUT2D eigenvalue weighted by atomic mass is 10.2. The highest BCUT2D eigenvalue weighted by Gasteiger charge is 2.04. The molecule has 82 valence electrons. The molecule has 0 aliphatic rings. The van der Waals surface area contributed by atoms with Crippen LogP contribution in [0.2, 0.25) is 0 Å². The molecule has 0 heterocycles.